The van der Waals surface area contributed by atoms with Gasteiger partial charge in [-0.3, -0.25) is 4.79 Å². The van der Waals surface area contributed by atoms with Gasteiger partial charge in [-0.1, -0.05) is 12.1 Å². The number of halogens is 2. The van der Waals surface area contributed by atoms with Gasteiger partial charge in [0.2, 0.25) is 5.91 Å². The lowest BCUT2D eigenvalue weighted by Crippen LogP contribution is -2.51. The van der Waals surface area contributed by atoms with Crippen LogP contribution in [0.25, 0.3) is 0 Å². The highest BCUT2D eigenvalue weighted by Gasteiger charge is 2.40. The lowest BCUT2D eigenvalue weighted by Gasteiger charge is -2.22. The second kappa shape index (κ2) is 6.52. The third-order valence-electron chi connectivity index (χ3n) is 3.63. The van der Waals surface area contributed by atoms with Crippen molar-refractivity contribution in [2.24, 2.45) is 0 Å². The van der Waals surface area contributed by atoms with Crippen LogP contribution in [-0.4, -0.2) is 37.7 Å². The van der Waals surface area contributed by atoms with Crippen molar-refractivity contribution in [2.75, 3.05) is 19.8 Å². The Labute approximate surface area is 123 Å². The first-order valence-electron chi connectivity index (χ1n) is 6.61. The van der Waals surface area contributed by atoms with Crippen LogP contribution in [0.2, 0.25) is 0 Å². The van der Waals surface area contributed by atoms with E-state index in [0.717, 1.165) is 12.0 Å². The summed E-state index contributed by atoms with van der Waals surface area (Å²) in [7, 11) is 0. The lowest BCUT2D eigenvalue weighted by atomic mass is 10.1. The van der Waals surface area contributed by atoms with Crippen LogP contribution in [0, 0.1) is 5.82 Å². The van der Waals surface area contributed by atoms with Crippen molar-refractivity contribution in [3.05, 3.63) is 35.6 Å². The molecule has 6 heteroatoms. The minimum atomic E-state index is -0.262. The molecule has 1 aromatic rings. The summed E-state index contributed by atoms with van der Waals surface area (Å²) < 4.78 is 18.4. The molecule has 1 heterocycles. The molecule has 0 spiro atoms. The molecular weight excluding hydrogens is 283 g/mol. The first-order chi connectivity index (χ1) is 9.24. The smallest absolute Gasteiger partial charge is 0.239 e. The summed E-state index contributed by atoms with van der Waals surface area (Å²) in [5.41, 5.74) is 0.957. The second-order valence-electron chi connectivity index (χ2n) is 5.09. The Kier molecular flexibility index (Phi) is 4.96. The molecule has 0 radical (unpaired) electrons. The number of carbonyl (C=O) groups is 1. The van der Waals surface area contributed by atoms with Gasteiger partial charge in [-0.15, -0.1) is 12.4 Å². The fourth-order valence-corrected chi connectivity index (χ4v) is 2.48. The number of nitrogens with one attached hydrogen (secondary N) is 2. The highest BCUT2D eigenvalue weighted by Crippen LogP contribution is 2.40. The molecule has 1 amide bonds. The lowest BCUT2D eigenvalue weighted by molar-refractivity contribution is -0.126. The summed E-state index contributed by atoms with van der Waals surface area (Å²) in [6, 6.07) is 6.45. The zero-order valence-corrected chi connectivity index (χ0v) is 11.8. The van der Waals surface area contributed by atoms with Crippen molar-refractivity contribution in [1.82, 2.24) is 10.6 Å². The molecule has 2 aliphatic rings. The van der Waals surface area contributed by atoms with Gasteiger partial charge >= 0.3 is 0 Å². The van der Waals surface area contributed by atoms with E-state index < -0.39 is 0 Å². The molecule has 3 unspecified atom stereocenters. The van der Waals surface area contributed by atoms with Crippen molar-refractivity contribution in [1.29, 1.82) is 0 Å². The molecule has 110 valence electrons. The molecule has 2 fully saturated rings. The number of hydrogen-bond acceptors (Lipinski definition) is 3. The van der Waals surface area contributed by atoms with Crippen molar-refractivity contribution >= 4 is 18.3 Å². The zero-order chi connectivity index (χ0) is 13.2. The Morgan fingerprint density at radius 1 is 1.45 bits per heavy atom. The fraction of sp³-hybridized carbons (Fsp3) is 0.500. The SMILES string of the molecule is Cl.O=C(NC1CC1c1cccc(F)c1)C1COCCN1. The van der Waals surface area contributed by atoms with E-state index in [0.29, 0.717) is 19.8 Å². The third-order valence-corrected chi connectivity index (χ3v) is 3.63. The van der Waals surface area contributed by atoms with Gasteiger partial charge in [0.15, 0.2) is 0 Å². The number of hydrogen-bond donors (Lipinski definition) is 2. The van der Waals surface area contributed by atoms with Crippen molar-refractivity contribution in [3.8, 4) is 0 Å². The van der Waals surface area contributed by atoms with Crippen LogP contribution in [0.15, 0.2) is 24.3 Å². The number of rotatable bonds is 3. The Bertz CT molecular complexity index is 480. The summed E-state index contributed by atoms with van der Waals surface area (Å²) in [5.74, 6) is -0.00964. The zero-order valence-electron chi connectivity index (χ0n) is 11.0. The molecule has 1 aliphatic heterocycles. The Balaban J connectivity index is 0.00000147. The quantitative estimate of drug-likeness (QED) is 0.882. The Hall–Kier alpha value is -1.17. The van der Waals surface area contributed by atoms with E-state index in [9.17, 15) is 9.18 Å². The van der Waals surface area contributed by atoms with Crippen LogP contribution in [0.5, 0.6) is 0 Å². The average Bonchev–Trinajstić information content (AvgIpc) is 3.19. The summed E-state index contributed by atoms with van der Waals surface area (Å²) in [6.45, 7) is 1.78. The van der Waals surface area contributed by atoms with Crippen LogP contribution in [0.1, 0.15) is 17.9 Å². The molecule has 1 saturated heterocycles. The topological polar surface area (TPSA) is 50.4 Å². The van der Waals surface area contributed by atoms with E-state index in [1.54, 1.807) is 12.1 Å². The minimum Gasteiger partial charge on any atom is -0.378 e. The summed E-state index contributed by atoms with van der Waals surface area (Å²) in [5, 5.41) is 6.11. The Morgan fingerprint density at radius 3 is 3.00 bits per heavy atom. The van der Waals surface area contributed by atoms with E-state index in [4.69, 9.17) is 4.74 Å². The van der Waals surface area contributed by atoms with Crippen LogP contribution in [0.4, 0.5) is 4.39 Å². The number of ether oxygens (including phenoxy) is 1. The first-order valence-corrected chi connectivity index (χ1v) is 6.61. The van der Waals surface area contributed by atoms with Crippen LogP contribution in [0.3, 0.4) is 0 Å². The Morgan fingerprint density at radius 2 is 2.30 bits per heavy atom. The van der Waals surface area contributed by atoms with Gasteiger partial charge in [0, 0.05) is 18.5 Å². The van der Waals surface area contributed by atoms with Gasteiger partial charge in [0.1, 0.15) is 11.9 Å². The van der Waals surface area contributed by atoms with E-state index in [1.807, 2.05) is 6.07 Å². The molecule has 0 bridgehead atoms. The van der Waals surface area contributed by atoms with Crippen LogP contribution < -0.4 is 10.6 Å². The van der Waals surface area contributed by atoms with Gasteiger partial charge in [0.25, 0.3) is 0 Å². The van der Waals surface area contributed by atoms with Crippen LogP contribution >= 0.6 is 12.4 Å². The molecule has 3 atom stereocenters. The number of morpholine rings is 1. The molecule has 1 aromatic carbocycles. The fourth-order valence-electron chi connectivity index (χ4n) is 2.48. The summed E-state index contributed by atoms with van der Waals surface area (Å²) in [6.07, 6.45) is 0.878. The average molecular weight is 301 g/mol. The summed E-state index contributed by atoms with van der Waals surface area (Å²) in [4.78, 5) is 12.0. The van der Waals surface area contributed by atoms with E-state index in [1.165, 1.54) is 6.07 Å². The van der Waals surface area contributed by atoms with Gasteiger partial charge in [-0.05, 0) is 24.1 Å². The van der Waals surface area contributed by atoms with Gasteiger partial charge in [-0.2, -0.15) is 0 Å². The highest BCUT2D eigenvalue weighted by molar-refractivity contribution is 5.85. The standard InChI is InChI=1S/C14H17FN2O2.ClH/c15-10-3-1-2-9(6-10)11-7-12(11)17-14(18)13-8-19-5-4-16-13;/h1-3,6,11-13,16H,4-5,7-8H2,(H,17,18);1H. The van der Waals surface area contributed by atoms with Crippen molar-refractivity contribution < 1.29 is 13.9 Å². The molecule has 0 aromatic heterocycles. The molecule has 3 rings (SSSR count). The first kappa shape index (κ1) is 15.2. The number of amides is 1. The third kappa shape index (κ3) is 3.48. The van der Waals surface area contributed by atoms with Gasteiger partial charge in [-0.25, -0.2) is 4.39 Å². The van der Waals surface area contributed by atoms with Gasteiger partial charge in [0.05, 0.1) is 13.2 Å². The minimum absolute atomic E-state index is 0. The molecular formula is C14H18ClFN2O2. The predicted octanol–water partition coefficient (Wildman–Crippen LogP) is 1.21. The molecule has 1 saturated carbocycles. The molecule has 2 N–H and O–H groups in total. The van der Waals surface area contributed by atoms with Crippen molar-refractivity contribution in [3.63, 3.8) is 0 Å². The maximum Gasteiger partial charge on any atom is 0.239 e. The highest BCUT2D eigenvalue weighted by atomic mass is 35.5. The normalized spacial score (nSPS) is 28.4. The monoisotopic (exact) mass is 300 g/mol. The maximum atomic E-state index is 13.1. The van der Waals surface area contributed by atoms with E-state index in [-0.39, 0.29) is 42.1 Å². The molecule has 4 nitrogen and oxygen atoms in total. The van der Waals surface area contributed by atoms with E-state index in [2.05, 4.69) is 10.6 Å². The molecule has 20 heavy (non-hydrogen) atoms. The van der Waals surface area contributed by atoms with Crippen LogP contribution in [-0.2, 0) is 9.53 Å². The van der Waals surface area contributed by atoms with Crippen molar-refractivity contribution in [2.45, 2.75) is 24.4 Å². The number of benzene rings is 1. The second-order valence-corrected chi connectivity index (χ2v) is 5.09. The summed E-state index contributed by atoms with van der Waals surface area (Å²) >= 11 is 0. The number of carbonyl (C=O) groups excluding carboxylic acids is 1. The predicted molar refractivity (Wildman–Crippen MR) is 75.5 cm³/mol. The van der Waals surface area contributed by atoms with E-state index >= 15 is 0 Å². The maximum absolute atomic E-state index is 13.1. The van der Waals surface area contributed by atoms with Gasteiger partial charge < -0.3 is 15.4 Å². The molecule has 1 aliphatic carbocycles. The largest absolute Gasteiger partial charge is 0.378 e.